The maximum atomic E-state index is 12.8. The summed E-state index contributed by atoms with van der Waals surface area (Å²) in [5.74, 6) is -5.25. The topological polar surface area (TPSA) is 46.2 Å². The van der Waals surface area contributed by atoms with E-state index in [1.165, 1.54) is 24.3 Å². The summed E-state index contributed by atoms with van der Waals surface area (Å²) < 4.78 is 61.6. The van der Waals surface area contributed by atoms with Gasteiger partial charge in [-0.05, 0) is 5.56 Å². The van der Waals surface area contributed by atoms with Crippen LogP contribution in [0.3, 0.4) is 0 Å². The molecule has 0 bridgehead atoms. The molecule has 2 atom stereocenters. The van der Waals surface area contributed by atoms with Gasteiger partial charge in [-0.1, -0.05) is 30.3 Å². The van der Waals surface area contributed by atoms with Gasteiger partial charge in [0.15, 0.2) is 0 Å². The van der Waals surface area contributed by atoms with E-state index in [9.17, 15) is 22.0 Å². The molecule has 96 valence electrons. The van der Waals surface area contributed by atoms with Crippen LogP contribution in [0.2, 0.25) is 0 Å². The molecule has 0 amide bonds. The molecule has 0 aliphatic carbocycles. The van der Waals surface area contributed by atoms with Gasteiger partial charge >= 0.3 is 12.1 Å². The van der Waals surface area contributed by atoms with E-state index in [0.717, 1.165) is 0 Å². The Hall–Kier alpha value is -1.21. The summed E-state index contributed by atoms with van der Waals surface area (Å²) in [7, 11) is 0. The van der Waals surface area contributed by atoms with Gasteiger partial charge in [0, 0.05) is 0 Å². The van der Waals surface area contributed by atoms with Crippen LogP contribution in [0.5, 0.6) is 0 Å². The van der Waals surface area contributed by atoms with Gasteiger partial charge in [-0.2, -0.15) is 22.0 Å². The van der Waals surface area contributed by atoms with Gasteiger partial charge in [-0.3, -0.25) is 0 Å². The van der Waals surface area contributed by atoms with E-state index in [1.807, 2.05) is 0 Å². The standard InChI is InChI=1S/C10H10F5NO/c11-9(12,10(13,14)15)8(17)7(16)6-4-2-1-3-5-6/h1-5,7-8,17H,16H2. The minimum Gasteiger partial charge on any atom is -0.384 e. The van der Waals surface area contributed by atoms with E-state index >= 15 is 0 Å². The van der Waals surface area contributed by atoms with E-state index < -0.39 is 24.2 Å². The molecule has 0 aliphatic rings. The SMILES string of the molecule is NC(c1ccccc1)C(O)C(F)(F)C(F)(F)F. The first kappa shape index (κ1) is 13.9. The first-order valence-corrected chi connectivity index (χ1v) is 4.61. The van der Waals surface area contributed by atoms with Crippen LogP contribution in [-0.2, 0) is 0 Å². The number of hydrogen-bond donors (Lipinski definition) is 2. The zero-order valence-corrected chi connectivity index (χ0v) is 8.46. The van der Waals surface area contributed by atoms with Gasteiger partial charge in [0.1, 0.15) is 6.10 Å². The minimum atomic E-state index is -5.83. The van der Waals surface area contributed by atoms with Gasteiger partial charge in [0.2, 0.25) is 0 Å². The molecule has 0 aromatic heterocycles. The maximum Gasteiger partial charge on any atom is 0.456 e. The van der Waals surface area contributed by atoms with Crippen LogP contribution in [0.15, 0.2) is 30.3 Å². The van der Waals surface area contributed by atoms with E-state index in [0.29, 0.717) is 0 Å². The third kappa shape index (κ3) is 2.73. The second-order valence-electron chi connectivity index (χ2n) is 3.50. The minimum absolute atomic E-state index is 0.00363. The summed E-state index contributed by atoms with van der Waals surface area (Å²) >= 11 is 0. The number of aliphatic hydroxyl groups is 1. The molecule has 2 unspecified atom stereocenters. The Balaban J connectivity index is 2.95. The lowest BCUT2D eigenvalue weighted by molar-refractivity contribution is -0.315. The van der Waals surface area contributed by atoms with Crippen molar-refractivity contribution in [2.45, 2.75) is 24.2 Å². The van der Waals surface area contributed by atoms with Crippen molar-refractivity contribution >= 4 is 0 Å². The largest absolute Gasteiger partial charge is 0.456 e. The molecule has 2 nitrogen and oxygen atoms in total. The zero-order chi connectivity index (χ0) is 13.3. The van der Waals surface area contributed by atoms with Crippen LogP contribution in [0, 0.1) is 0 Å². The van der Waals surface area contributed by atoms with Crippen LogP contribution in [0.25, 0.3) is 0 Å². The van der Waals surface area contributed by atoms with Crippen LogP contribution < -0.4 is 5.73 Å². The van der Waals surface area contributed by atoms with Gasteiger partial charge in [-0.15, -0.1) is 0 Å². The third-order valence-corrected chi connectivity index (χ3v) is 2.27. The van der Waals surface area contributed by atoms with E-state index in [1.54, 1.807) is 6.07 Å². The highest BCUT2D eigenvalue weighted by Gasteiger charge is 2.63. The molecule has 0 heterocycles. The normalized spacial score (nSPS) is 16.6. The Morgan fingerprint density at radius 2 is 1.47 bits per heavy atom. The van der Waals surface area contributed by atoms with Gasteiger partial charge < -0.3 is 10.8 Å². The number of halogens is 5. The lowest BCUT2D eigenvalue weighted by Crippen LogP contribution is -2.51. The van der Waals surface area contributed by atoms with Crippen molar-refractivity contribution in [2.75, 3.05) is 0 Å². The van der Waals surface area contributed by atoms with Crippen molar-refractivity contribution < 1.29 is 27.1 Å². The lowest BCUT2D eigenvalue weighted by Gasteiger charge is -2.28. The monoisotopic (exact) mass is 255 g/mol. The molecule has 3 N–H and O–H groups in total. The molecule has 1 aromatic carbocycles. The molecule has 0 saturated heterocycles. The summed E-state index contributed by atoms with van der Waals surface area (Å²) in [6.45, 7) is 0. The molecule has 1 aromatic rings. The number of nitrogens with two attached hydrogens (primary N) is 1. The zero-order valence-electron chi connectivity index (χ0n) is 8.46. The first-order valence-electron chi connectivity index (χ1n) is 4.61. The van der Waals surface area contributed by atoms with Crippen LogP contribution in [0.4, 0.5) is 22.0 Å². The smallest absolute Gasteiger partial charge is 0.384 e. The predicted molar refractivity (Wildman–Crippen MR) is 50.4 cm³/mol. The van der Waals surface area contributed by atoms with Crippen molar-refractivity contribution in [1.82, 2.24) is 0 Å². The number of benzene rings is 1. The molecule has 0 spiro atoms. The highest BCUT2D eigenvalue weighted by atomic mass is 19.4. The van der Waals surface area contributed by atoms with Crippen molar-refractivity contribution in [3.8, 4) is 0 Å². The quantitative estimate of drug-likeness (QED) is 0.814. The molecule has 0 saturated carbocycles. The van der Waals surface area contributed by atoms with Gasteiger partial charge in [0.25, 0.3) is 0 Å². The van der Waals surface area contributed by atoms with Crippen molar-refractivity contribution in [1.29, 1.82) is 0 Å². The molecule has 0 radical (unpaired) electrons. The predicted octanol–water partition coefficient (Wildman–Crippen LogP) is 2.24. The second kappa shape index (κ2) is 4.58. The summed E-state index contributed by atoms with van der Waals surface area (Å²) in [4.78, 5) is 0. The van der Waals surface area contributed by atoms with Crippen LogP contribution in [-0.4, -0.2) is 23.3 Å². The van der Waals surface area contributed by atoms with Crippen molar-refractivity contribution in [3.63, 3.8) is 0 Å². The Morgan fingerprint density at radius 3 is 1.88 bits per heavy atom. The molecule has 1 rings (SSSR count). The van der Waals surface area contributed by atoms with Crippen molar-refractivity contribution in [2.24, 2.45) is 5.73 Å². The Bertz CT molecular complexity index is 365. The summed E-state index contributed by atoms with van der Waals surface area (Å²) in [5.41, 5.74) is 5.19. The van der Waals surface area contributed by atoms with Crippen LogP contribution >= 0.6 is 0 Å². The van der Waals surface area contributed by atoms with Crippen LogP contribution in [0.1, 0.15) is 11.6 Å². The number of hydrogen-bond acceptors (Lipinski definition) is 2. The van der Waals surface area contributed by atoms with Crippen molar-refractivity contribution in [3.05, 3.63) is 35.9 Å². The molecule has 0 fully saturated rings. The number of rotatable bonds is 3. The fourth-order valence-corrected chi connectivity index (χ4v) is 1.25. The lowest BCUT2D eigenvalue weighted by atomic mass is 9.97. The summed E-state index contributed by atoms with van der Waals surface area (Å²) in [6, 6.07) is 5.11. The van der Waals surface area contributed by atoms with Gasteiger partial charge in [0.05, 0.1) is 6.04 Å². The second-order valence-corrected chi connectivity index (χ2v) is 3.50. The number of alkyl halides is 5. The van der Waals surface area contributed by atoms with E-state index in [4.69, 9.17) is 10.8 Å². The summed E-state index contributed by atoms with van der Waals surface area (Å²) in [6.07, 6.45) is -8.86. The Labute approximate surface area is 93.9 Å². The average molecular weight is 255 g/mol. The summed E-state index contributed by atoms with van der Waals surface area (Å²) in [5, 5.41) is 9.04. The molecule has 7 heteroatoms. The maximum absolute atomic E-state index is 12.8. The Kier molecular flexibility index (Phi) is 3.73. The molecular formula is C10H10F5NO. The number of aliphatic hydroxyl groups excluding tert-OH is 1. The first-order chi connectivity index (χ1) is 7.68. The molecule has 0 aliphatic heterocycles. The molecule has 17 heavy (non-hydrogen) atoms. The fraction of sp³-hybridized carbons (Fsp3) is 0.400. The third-order valence-electron chi connectivity index (χ3n) is 2.27. The van der Waals surface area contributed by atoms with E-state index in [-0.39, 0.29) is 5.56 Å². The highest BCUT2D eigenvalue weighted by molar-refractivity contribution is 5.20. The highest BCUT2D eigenvalue weighted by Crippen LogP contribution is 2.41. The Morgan fingerprint density at radius 1 is 1.00 bits per heavy atom. The fourth-order valence-electron chi connectivity index (χ4n) is 1.25. The van der Waals surface area contributed by atoms with Gasteiger partial charge in [-0.25, -0.2) is 0 Å². The molecular weight excluding hydrogens is 245 g/mol. The van der Waals surface area contributed by atoms with E-state index in [2.05, 4.69) is 0 Å². The average Bonchev–Trinajstić information content (AvgIpc) is 2.26.